The molecule has 1 rings (SSSR count). The molecule has 0 saturated heterocycles. The Labute approximate surface area is 123 Å². The van der Waals surface area contributed by atoms with E-state index in [1.165, 1.54) is 17.0 Å². The first kappa shape index (κ1) is 17.4. The van der Waals surface area contributed by atoms with Gasteiger partial charge in [-0.25, -0.2) is 8.42 Å². The summed E-state index contributed by atoms with van der Waals surface area (Å²) in [7, 11) is -3.23. The minimum Gasteiger partial charge on any atom is -0.356 e. The maximum absolute atomic E-state index is 11.9. The molecule has 0 radical (unpaired) electrons. The van der Waals surface area contributed by atoms with Gasteiger partial charge in [0.15, 0.2) is 0 Å². The Morgan fingerprint density at radius 1 is 1.25 bits per heavy atom. The smallest absolute Gasteiger partial charge is 0.221 e. The van der Waals surface area contributed by atoms with Gasteiger partial charge in [0.1, 0.15) is 0 Å². The quantitative estimate of drug-likeness (QED) is 0.696. The van der Waals surface area contributed by atoms with E-state index in [4.69, 9.17) is 0 Å². The lowest BCUT2D eigenvalue weighted by molar-refractivity contribution is -0.121. The first-order valence-corrected chi connectivity index (χ1v) is 9.53. The van der Waals surface area contributed by atoms with E-state index >= 15 is 0 Å². The van der Waals surface area contributed by atoms with Gasteiger partial charge in [-0.1, -0.05) is 32.6 Å². The second kappa shape index (κ2) is 8.62. The zero-order valence-corrected chi connectivity index (χ0v) is 13.5. The largest absolute Gasteiger partial charge is 0.356 e. The van der Waals surface area contributed by atoms with Gasteiger partial charge in [-0.05, 0) is 19.3 Å². The molecule has 5 nitrogen and oxygen atoms in total. The van der Waals surface area contributed by atoms with Crippen LogP contribution < -0.4 is 5.32 Å². The topological polar surface area (TPSA) is 66.5 Å². The van der Waals surface area contributed by atoms with Crippen molar-refractivity contribution in [3.05, 3.63) is 0 Å². The van der Waals surface area contributed by atoms with E-state index in [0.29, 0.717) is 13.1 Å². The molecular formula is C14H28N2O3S. The minimum atomic E-state index is -3.23. The molecule has 6 heteroatoms. The van der Waals surface area contributed by atoms with Gasteiger partial charge >= 0.3 is 0 Å². The minimum absolute atomic E-state index is 0.0529. The molecular weight excluding hydrogens is 276 g/mol. The number of hydrogen-bond donors (Lipinski definition) is 1. The van der Waals surface area contributed by atoms with E-state index < -0.39 is 10.0 Å². The number of rotatable bonds is 8. The first-order chi connectivity index (χ1) is 9.45. The normalized spacial score (nSPS) is 17.4. The molecule has 0 aromatic rings. The van der Waals surface area contributed by atoms with Gasteiger partial charge in [0.25, 0.3) is 0 Å². The molecule has 0 heterocycles. The fourth-order valence-electron chi connectivity index (χ4n) is 2.69. The Balaban J connectivity index is 2.47. The second-order valence-corrected chi connectivity index (χ2v) is 7.55. The van der Waals surface area contributed by atoms with Gasteiger partial charge in [-0.3, -0.25) is 4.79 Å². The third-order valence-corrected chi connectivity index (χ3v) is 5.15. The van der Waals surface area contributed by atoms with E-state index in [2.05, 4.69) is 12.2 Å². The highest BCUT2D eigenvalue weighted by molar-refractivity contribution is 7.88. The highest BCUT2D eigenvalue weighted by atomic mass is 32.2. The van der Waals surface area contributed by atoms with Crippen molar-refractivity contribution in [1.82, 2.24) is 9.62 Å². The number of unbranched alkanes of at least 4 members (excludes halogenated alkanes) is 1. The number of amides is 1. The molecule has 0 bridgehead atoms. The maximum atomic E-state index is 11.9. The zero-order valence-electron chi connectivity index (χ0n) is 12.7. The van der Waals surface area contributed by atoms with E-state index in [1.807, 2.05) is 0 Å². The van der Waals surface area contributed by atoms with Crippen LogP contribution in [-0.2, 0) is 14.8 Å². The van der Waals surface area contributed by atoms with Crippen molar-refractivity contribution in [1.29, 1.82) is 0 Å². The van der Waals surface area contributed by atoms with Crippen molar-refractivity contribution < 1.29 is 13.2 Å². The summed E-state index contributed by atoms with van der Waals surface area (Å²) in [5.74, 6) is -0.0529. The van der Waals surface area contributed by atoms with E-state index in [-0.39, 0.29) is 18.4 Å². The molecule has 0 spiro atoms. The summed E-state index contributed by atoms with van der Waals surface area (Å²) < 4.78 is 25.3. The number of nitrogens with one attached hydrogen (secondary N) is 1. The fourth-order valence-corrected chi connectivity index (χ4v) is 3.87. The number of hydrogen-bond acceptors (Lipinski definition) is 3. The van der Waals surface area contributed by atoms with Crippen molar-refractivity contribution in [3.8, 4) is 0 Å². The molecule has 0 aliphatic heterocycles. The van der Waals surface area contributed by atoms with Crippen LogP contribution in [0.15, 0.2) is 0 Å². The highest BCUT2D eigenvalue weighted by Gasteiger charge is 2.28. The first-order valence-electron chi connectivity index (χ1n) is 7.68. The molecule has 1 N–H and O–H groups in total. The van der Waals surface area contributed by atoms with Crippen molar-refractivity contribution >= 4 is 15.9 Å². The molecule has 1 saturated carbocycles. The Hall–Kier alpha value is -0.620. The molecule has 1 amide bonds. The predicted octanol–water partition coefficient (Wildman–Crippen LogP) is 1.89. The van der Waals surface area contributed by atoms with E-state index in [0.717, 1.165) is 38.5 Å². The summed E-state index contributed by atoms with van der Waals surface area (Å²) in [6, 6.07) is 0.0854. The van der Waals surface area contributed by atoms with Crippen molar-refractivity contribution in [2.75, 3.05) is 19.3 Å². The lowest BCUT2D eigenvalue weighted by Gasteiger charge is -2.32. The van der Waals surface area contributed by atoms with Crippen LogP contribution >= 0.6 is 0 Å². The molecule has 1 aliphatic rings. The number of carbonyl (C=O) groups excluding carboxylic acids is 1. The Morgan fingerprint density at radius 2 is 1.90 bits per heavy atom. The molecule has 1 aliphatic carbocycles. The Kier molecular flexibility index (Phi) is 7.51. The van der Waals surface area contributed by atoms with Crippen molar-refractivity contribution in [2.24, 2.45) is 0 Å². The summed E-state index contributed by atoms with van der Waals surface area (Å²) in [6.45, 7) is 3.06. The highest BCUT2D eigenvalue weighted by Crippen LogP contribution is 2.24. The maximum Gasteiger partial charge on any atom is 0.221 e. The fraction of sp³-hybridized carbons (Fsp3) is 0.929. The number of nitrogens with zero attached hydrogens (tertiary/aromatic N) is 1. The van der Waals surface area contributed by atoms with Crippen molar-refractivity contribution in [2.45, 2.75) is 64.3 Å². The summed E-state index contributed by atoms with van der Waals surface area (Å²) >= 11 is 0. The van der Waals surface area contributed by atoms with Crippen molar-refractivity contribution in [3.63, 3.8) is 0 Å². The molecule has 20 heavy (non-hydrogen) atoms. The summed E-state index contributed by atoms with van der Waals surface area (Å²) in [5, 5.41) is 2.83. The lowest BCUT2D eigenvalue weighted by Crippen LogP contribution is -2.42. The molecule has 0 aromatic heterocycles. The van der Waals surface area contributed by atoms with Crippen LogP contribution in [0.3, 0.4) is 0 Å². The van der Waals surface area contributed by atoms with Crippen LogP contribution in [0.1, 0.15) is 58.3 Å². The Bertz CT molecular complexity index is 389. The third kappa shape index (κ3) is 6.22. The SMILES string of the molecule is CCCCNC(=O)CCN(C1CCCCC1)S(C)(=O)=O. The van der Waals surface area contributed by atoms with Gasteiger partial charge in [0.2, 0.25) is 15.9 Å². The van der Waals surface area contributed by atoms with Gasteiger partial charge in [-0.15, -0.1) is 0 Å². The Morgan fingerprint density at radius 3 is 2.45 bits per heavy atom. The van der Waals surface area contributed by atoms with E-state index in [9.17, 15) is 13.2 Å². The second-order valence-electron chi connectivity index (χ2n) is 5.62. The van der Waals surface area contributed by atoms with Gasteiger partial charge < -0.3 is 5.32 Å². The summed E-state index contributed by atoms with van der Waals surface area (Å²) in [6.07, 6.45) is 8.70. The van der Waals surface area contributed by atoms with Crippen LogP contribution in [0.4, 0.5) is 0 Å². The van der Waals surface area contributed by atoms with E-state index in [1.54, 1.807) is 0 Å². The standard InChI is InChI=1S/C14H28N2O3S/c1-3-4-11-15-14(17)10-12-16(20(2,18)19)13-8-6-5-7-9-13/h13H,3-12H2,1-2H3,(H,15,17). The molecule has 0 unspecified atom stereocenters. The van der Waals surface area contributed by atoms with Crippen LogP contribution in [0, 0.1) is 0 Å². The van der Waals surface area contributed by atoms with Crippen LogP contribution in [0.25, 0.3) is 0 Å². The molecule has 1 fully saturated rings. The molecule has 118 valence electrons. The van der Waals surface area contributed by atoms with Crippen LogP contribution in [0.5, 0.6) is 0 Å². The van der Waals surface area contributed by atoms with Gasteiger partial charge in [0, 0.05) is 25.6 Å². The number of carbonyl (C=O) groups is 1. The lowest BCUT2D eigenvalue weighted by atomic mass is 9.95. The average Bonchev–Trinajstić information content (AvgIpc) is 2.39. The van der Waals surface area contributed by atoms with Gasteiger partial charge in [0.05, 0.1) is 6.26 Å². The zero-order chi connectivity index (χ0) is 15.0. The van der Waals surface area contributed by atoms with Gasteiger partial charge in [-0.2, -0.15) is 4.31 Å². The average molecular weight is 304 g/mol. The third-order valence-electron chi connectivity index (χ3n) is 3.82. The molecule has 0 aromatic carbocycles. The monoisotopic (exact) mass is 304 g/mol. The molecule has 0 atom stereocenters. The summed E-state index contributed by atoms with van der Waals surface area (Å²) in [5.41, 5.74) is 0. The number of sulfonamides is 1. The predicted molar refractivity (Wildman–Crippen MR) is 81.0 cm³/mol. The van der Waals surface area contributed by atoms with Crippen LogP contribution in [0.2, 0.25) is 0 Å². The summed E-state index contributed by atoms with van der Waals surface area (Å²) in [4.78, 5) is 11.7. The van der Waals surface area contributed by atoms with Crippen LogP contribution in [-0.4, -0.2) is 44.0 Å².